The van der Waals surface area contributed by atoms with Gasteiger partial charge in [-0.1, -0.05) is 22.0 Å². The largest absolute Gasteiger partial charge is 0.293 e. The third-order valence-electron chi connectivity index (χ3n) is 2.14. The number of rotatable bonds is 3. The number of Topliss-reactive ketones (excluding diaryl/α,β-unsaturated/α-hetero) is 1. The average Bonchev–Trinajstić information content (AvgIpc) is 2.29. The number of hydrogen-bond acceptors (Lipinski definition) is 3. The van der Waals surface area contributed by atoms with Gasteiger partial charge < -0.3 is 0 Å². The Morgan fingerprint density at radius 1 is 1.50 bits per heavy atom. The minimum atomic E-state index is -0.320. The van der Waals surface area contributed by atoms with Gasteiger partial charge in [-0.3, -0.25) is 4.79 Å². The Hall–Kier alpha value is -1.65. The Morgan fingerprint density at radius 3 is 2.69 bits per heavy atom. The van der Waals surface area contributed by atoms with Crippen LogP contribution in [0.2, 0.25) is 0 Å². The van der Waals surface area contributed by atoms with E-state index < -0.39 is 0 Å². The Balaban J connectivity index is 3.27. The van der Waals surface area contributed by atoms with Crippen LogP contribution in [-0.2, 0) is 6.42 Å². The van der Waals surface area contributed by atoms with Crippen LogP contribution in [0.3, 0.4) is 0 Å². The normalized spacial score (nSPS) is 11.2. The van der Waals surface area contributed by atoms with Crippen molar-refractivity contribution in [1.82, 2.24) is 0 Å². The highest BCUT2D eigenvalue weighted by molar-refractivity contribution is 9.10. The maximum Gasteiger partial charge on any atom is 0.176 e. The number of halogens is 1. The molecule has 0 aliphatic carbocycles. The lowest BCUT2D eigenvalue weighted by Gasteiger charge is -2.07. The second-order valence-corrected chi connectivity index (χ2v) is 4.67. The molecule has 0 amide bonds. The van der Waals surface area contributed by atoms with Gasteiger partial charge in [-0.15, -0.1) is 0 Å². The van der Waals surface area contributed by atoms with Crippen LogP contribution in [0.1, 0.15) is 28.4 Å². The van der Waals surface area contributed by atoms with Gasteiger partial charge >= 0.3 is 0 Å². The van der Waals surface area contributed by atoms with Crippen molar-refractivity contribution in [3.63, 3.8) is 0 Å². The zero-order valence-corrected chi connectivity index (χ0v) is 10.3. The van der Waals surface area contributed by atoms with Crippen LogP contribution in [0.4, 0.5) is 0 Å². The van der Waals surface area contributed by atoms with Crippen molar-refractivity contribution in [1.29, 1.82) is 10.5 Å². The first-order chi connectivity index (χ1) is 7.60. The molecule has 1 atom stereocenters. The first-order valence-corrected chi connectivity index (χ1v) is 5.60. The number of alkyl halides is 1. The molecule has 1 unspecified atom stereocenters. The predicted molar refractivity (Wildman–Crippen MR) is 63.2 cm³/mol. The van der Waals surface area contributed by atoms with Crippen molar-refractivity contribution in [2.75, 3.05) is 0 Å². The number of carbonyl (C=O) groups excluding carboxylic acids is 1. The van der Waals surface area contributed by atoms with Crippen LogP contribution in [0.5, 0.6) is 0 Å². The second-order valence-electron chi connectivity index (χ2n) is 3.30. The lowest BCUT2D eigenvalue weighted by atomic mass is 9.98. The van der Waals surface area contributed by atoms with E-state index in [0.717, 1.165) is 0 Å². The van der Waals surface area contributed by atoms with Crippen LogP contribution >= 0.6 is 15.9 Å². The van der Waals surface area contributed by atoms with Crippen molar-refractivity contribution in [2.45, 2.75) is 18.2 Å². The molecule has 1 rings (SSSR count). The van der Waals surface area contributed by atoms with Gasteiger partial charge in [0.1, 0.15) is 0 Å². The van der Waals surface area contributed by atoms with Crippen LogP contribution in [-0.4, -0.2) is 10.6 Å². The van der Waals surface area contributed by atoms with Gasteiger partial charge in [0.05, 0.1) is 28.9 Å². The molecule has 0 heterocycles. The molecule has 80 valence electrons. The van der Waals surface area contributed by atoms with Crippen molar-refractivity contribution in [3.8, 4) is 12.1 Å². The van der Waals surface area contributed by atoms with E-state index in [-0.39, 0.29) is 17.0 Å². The SMILES string of the molecule is CC(Br)C(=O)c1cc(C#N)ccc1CC#N. The molecule has 0 saturated heterocycles. The van der Waals surface area contributed by atoms with Crippen LogP contribution in [0.25, 0.3) is 0 Å². The summed E-state index contributed by atoms with van der Waals surface area (Å²) in [5.74, 6) is -0.109. The third kappa shape index (κ3) is 2.68. The van der Waals surface area contributed by atoms with E-state index in [9.17, 15) is 4.79 Å². The fourth-order valence-corrected chi connectivity index (χ4v) is 1.58. The van der Waals surface area contributed by atoms with Crippen LogP contribution in [0.15, 0.2) is 18.2 Å². The van der Waals surface area contributed by atoms with Crippen LogP contribution < -0.4 is 0 Å². The molecule has 0 aliphatic heterocycles. The molecule has 0 aliphatic rings. The van der Waals surface area contributed by atoms with Gasteiger partial charge in [0.25, 0.3) is 0 Å². The average molecular weight is 277 g/mol. The minimum absolute atomic E-state index is 0.109. The molecular weight excluding hydrogens is 268 g/mol. The molecule has 0 saturated carbocycles. The molecule has 4 heteroatoms. The summed E-state index contributed by atoms with van der Waals surface area (Å²) in [5, 5.41) is 17.4. The number of nitriles is 2. The smallest absolute Gasteiger partial charge is 0.176 e. The maximum atomic E-state index is 11.8. The summed E-state index contributed by atoms with van der Waals surface area (Å²) < 4.78 is 0. The highest BCUT2D eigenvalue weighted by Gasteiger charge is 2.16. The predicted octanol–water partition coefficient (Wildman–Crippen LogP) is 2.59. The standard InChI is InChI=1S/C12H9BrN2O/c1-8(13)12(16)11-6-9(7-15)2-3-10(11)4-5-14/h2-3,6,8H,4H2,1H3. The number of nitrogens with zero attached hydrogens (tertiary/aromatic N) is 2. The highest BCUT2D eigenvalue weighted by Crippen LogP contribution is 2.17. The van der Waals surface area contributed by atoms with E-state index in [1.54, 1.807) is 19.1 Å². The van der Waals surface area contributed by atoms with Gasteiger partial charge in [-0.05, 0) is 24.6 Å². The van der Waals surface area contributed by atoms with Crippen molar-refractivity contribution >= 4 is 21.7 Å². The van der Waals surface area contributed by atoms with Gasteiger partial charge in [0.2, 0.25) is 0 Å². The topological polar surface area (TPSA) is 64.7 Å². The molecule has 0 bridgehead atoms. The summed E-state index contributed by atoms with van der Waals surface area (Å²) in [6.45, 7) is 1.72. The fraction of sp³-hybridized carbons (Fsp3) is 0.250. The molecule has 0 fully saturated rings. The molecule has 1 aromatic rings. The summed E-state index contributed by atoms with van der Waals surface area (Å²) in [7, 11) is 0. The van der Waals surface area contributed by atoms with Crippen molar-refractivity contribution < 1.29 is 4.79 Å². The summed E-state index contributed by atoms with van der Waals surface area (Å²) in [6.07, 6.45) is 0.173. The quantitative estimate of drug-likeness (QED) is 0.630. The summed E-state index contributed by atoms with van der Waals surface area (Å²) >= 11 is 3.19. The van der Waals surface area contributed by atoms with E-state index in [2.05, 4.69) is 15.9 Å². The van der Waals surface area contributed by atoms with E-state index in [4.69, 9.17) is 10.5 Å². The van der Waals surface area contributed by atoms with Gasteiger partial charge in [-0.25, -0.2) is 0 Å². The van der Waals surface area contributed by atoms with Gasteiger partial charge in [0.15, 0.2) is 5.78 Å². The molecule has 1 aromatic carbocycles. The maximum absolute atomic E-state index is 11.8. The Morgan fingerprint density at radius 2 is 2.19 bits per heavy atom. The van der Waals surface area contributed by atoms with Crippen molar-refractivity contribution in [2.24, 2.45) is 0 Å². The minimum Gasteiger partial charge on any atom is -0.293 e. The molecule has 0 spiro atoms. The first-order valence-electron chi connectivity index (χ1n) is 4.68. The lowest BCUT2D eigenvalue weighted by molar-refractivity contribution is 0.0995. The van der Waals surface area contributed by atoms with Gasteiger partial charge in [-0.2, -0.15) is 10.5 Å². The molecule has 3 nitrogen and oxygen atoms in total. The fourth-order valence-electron chi connectivity index (χ4n) is 1.33. The Labute approximate surface area is 102 Å². The van der Waals surface area contributed by atoms with E-state index in [1.807, 2.05) is 12.1 Å². The first kappa shape index (κ1) is 12.4. The zero-order valence-electron chi connectivity index (χ0n) is 8.70. The molecular formula is C12H9BrN2O. The zero-order chi connectivity index (χ0) is 12.1. The number of hydrogen-bond donors (Lipinski definition) is 0. The van der Waals surface area contributed by atoms with E-state index in [1.165, 1.54) is 6.07 Å². The number of benzene rings is 1. The number of ketones is 1. The molecule has 0 radical (unpaired) electrons. The molecule has 0 aromatic heterocycles. The highest BCUT2D eigenvalue weighted by atomic mass is 79.9. The molecule has 0 N–H and O–H groups in total. The second kappa shape index (κ2) is 5.44. The van der Waals surface area contributed by atoms with E-state index in [0.29, 0.717) is 16.7 Å². The van der Waals surface area contributed by atoms with Gasteiger partial charge in [0, 0.05) is 5.56 Å². The Bertz CT molecular complexity index is 495. The monoisotopic (exact) mass is 276 g/mol. The van der Waals surface area contributed by atoms with Crippen molar-refractivity contribution in [3.05, 3.63) is 34.9 Å². The van der Waals surface area contributed by atoms with E-state index >= 15 is 0 Å². The third-order valence-corrected chi connectivity index (χ3v) is 2.55. The lowest BCUT2D eigenvalue weighted by Crippen LogP contribution is -2.12. The summed E-state index contributed by atoms with van der Waals surface area (Å²) in [5.41, 5.74) is 1.54. The molecule has 16 heavy (non-hydrogen) atoms. The summed E-state index contributed by atoms with van der Waals surface area (Å²) in [4.78, 5) is 11.5. The summed E-state index contributed by atoms with van der Waals surface area (Å²) in [6, 6.07) is 8.79. The van der Waals surface area contributed by atoms with Crippen LogP contribution in [0, 0.1) is 22.7 Å². The Kier molecular flexibility index (Phi) is 4.22. The number of carbonyl (C=O) groups is 1.